The molecule has 5 nitrogen and oxygen atoms in total. The first kappa shape index (κ1) is 13.7. The van der Waals surface area contributed by atoms with Gasteiger partial charge in [0, 0.05) is 18.6 Å². The molecule has 0 atom stereocenters. The molecule has 0 unspecified atom stereocenters. The Balaban J connectivity index is 2.30. The van der Waals surface area contributed by atoms with Gasteiger partial charge in [-0.1, -0.05) is 11.6 Å². The van der Waals surface area contributed by atoms with Crippen molar-refractivity contribution in [2.24, 2.45) is 0 Å². The van der Waals surface area contributed by atoms with E-state index in [4.69, 9.17) is 22.1 Å². The highest BCUT2D eigenvalue weighted by atomic mass is 35.5. The zero-order chi connectivity index (χ0) is 15.2. The van der Waals surface area contributed by atoms with E-state index in [1.165, 1.54) is 10.6 Å². The van der Waals surface area contributed by atoms with Crippen LogP contribution in [0.1, 0.15) is 19.4 Å². The fourth-order valence-electron chi connectivity index (χ4n) is 2.33. The van der Waals surface area contributed by atoms with Gasteiger partial charge in [-0.25, -0.2) is 0 Å². The van der Waals surface area contributed by atoms with Gasteiger partial charge >= 0.3 is 0 Å². The van der Waals surface area contributed by atoms with Crippen LogP contribution >= 0.6 is 11.6 Å². The lowest BCUT2D eigenvalue weighted by molar-refractivity contribution is 0.157. The van der Waals surface area contributed by atoms with E-state index in [0.717, 1.165) is 5.56 Å². The van der Waals surface area contributed by atoms with Crippen LogP contribution < -0.4 is 16.0 Å². The number of nitrogens with zero attached hydrogens (tertiary/aromatic N) is 2. The Morgan fingerprint density at radius 3 is 2.95 bits per heavy atom. The van der Waals surface area contributed by atoms with Gasteiger partial charge in [-0.2, -0.15) is 0 Å². The van der Waals surface area contributed by atoms with Crippen molar-refractivity contribution in [2.45, 2.75) is 19.4 Å². The summed E-state index contributed by atoms with van der Waals surface area (Å²) in [5, 5.41) is 0.391. The predicted molar refractivity (Wildman–Crippen MR) is 82.4 cm³/mol. The van der Waals surface area contributed by atoms with E-state index in [1.54, 1.807) is 24.7 Å². The third-order valence-corrected chi connectivity index (χ3v) is 3.39. The molecule has 0 spiro atoms. The van der Waals surface area contributed by atoms with Crippen LogP contribution in [-0.2, 0) is 0 Å². The summed E-state index contributed by atoms with van der Waals surface area (Å²) in [7, 11) is 0. The molecular weight excluding hydrogens is 290 g/mol. The standard InChI is InChI=1S/C15H14ClN3O2/c1-15(2)6-12(10-7-18-4-3-13(10)21-15)19-8-9(16)5-11(17)14(19)20/h3-8H,17H2,1-2H3. The molecule has 0 fully saturated rings. The van der Waals surface area contributed by atoms with E-state index >= 15 is 0 Å². The molecule has 1 aliphatic rings. The number of halogens is 1. The minimum Gasteiger partial charge on any atom is -0.483 e. The highest BCUT2D eigenvalue weighted by molar-refractivity contribution is 6.30. The smallest absolute Gasteiger partial charge is 0.278 e. The molecule has 0 bridgehead atoms. The maximum Gasteiger partial charge on any atom is 0.278 e. The molecular formula is C15H14ClN3O2. The predicted octanol–water partition coefficient (Wildman–Crippen LogP) is 2.54. The number of nitrogen functional groups attached to an aromatic ring is 1. The Morgan fingerprint density at radius 2 is 2.19 bits per heavy atom. The molecule has 1 aliphatic heterocycles. The molecule has 6 heteroatoms. The molecule has 2 N–H and O–H groups in total. The van der Waals surface area contributed by atoms with Gasteiger partial charge in [0.25, 0.3) is 5.56 Å². The second-order valence-corrected chi connectivity index (χ2v) is 5.83. The number of hydrogen-bond donors (Lipinski definition) is 1. The quantitative estimate of drug-likeness (QED) is 0.879. The Bertz CT molecular complexity index is 809. The van der Waals surface area contributed by atoms with Gasteiger partial charge in [0.1, 0.15) is 11.4 Å². The zero-order valence-corrected chi connectivity index (χ0v) is 12.4. The van der Waals surface area contributed by atoms with Crippen molar-refractivity contribution in [3.8, 4) is 5.75 Å². The summed E-state index contributed by atoms with van der Waals surface area (Å²) in [6, 6.07) is 3.21. The summed E-state index contributed by atoms with van der Waals surface area (Å²) in [4.78, 5) is 16.4. The molecule has 3 heterocycles. The molecule has 2 aromatic rings. The van der Waals surface area contributed by atoms with Crippen LogP contribution in [0.5, 0.6) is 5.75 Å². The van der Waals surface area contributed by atoms with Gasteiger partial charge in [-0.05, 0) is 32.1 Å². The second kappa shape index (κ2) is 4.63. The molecule has 0 saturated carbocycles. The molecule has 108 valence electrons. The first-order chi connectivity index (χ1) is 9.87. The monoisotopic (exact) mass is 303 g/mol. The molecule has 3 rings (SSSR count). The van der Waals surface area contributed by atoms with Crippen LogP contribution in [0, 0.1) is 0 Å². The summed E-state index contributed by atoms with van der Waals surface area (Å²) in [5.74, 6) is 0.665. The number of nitrogens with two attached hydrogens (primary N) is 1. The van der Waals surface area contributed by atoms with Crippen molar-refractivity contribution in [1.82, 2.24) is 9.55 Å². The summed E-state index contributed by atoms with van der Waals surface area (Å²) in [5.41, 5.74) is 6.33. The number of aromatic nitrogens is 2. The highest BCUT2D eigenvalue weighted by Gasteiger charge is 2.28. The summed E-state index contributed by atoms with van der Waals surface area (Å²) in [6.07, 6.45) is 6.70. The maximum absolute atomic E-state index is 12.3. The van der Waals surface area contributed by atoms with Crippen LogP contribution in [0.2, 0.25) is 5.02 Å². The lowest BCUT2D eigenvalue weighted by atomic mass is 10.0. The van der Waals surface area contributed by atoms with E-state index < -0.39 is 5.60 Å². The van der Waals surface area contributed by atoms with Crippen molar-refractivity contribution in [3.63, 3.8) is 0 Å². The first-order valence-electron chi connectivity index (χ1n) is 6.42. The molecule has 0 radical (unpaired) electrons. The third kappa shape index (κ3) is 2.40. The van der Waals surface area contributed by atoms with Crippen LogP contribution in [-0.4, -0.2) is 15.2 Å². The minimum absolute atomic E-state index is 0.0955. The van der Waals surface area contributed by atoms with Crippen LogP contribution in [0.25, 0.3) is 5.70 Å². The lowest BCUT2D eigenvalue weighted by Crippen LogP contribution is -2.32. The van der Waals surface area contributed by atoms with E-state index in [-0.39, 0.29) is 11.2 Å². The van der Waals surface area contributed by atoms with Gasteiger partial charge < -0.3 is 10.5 Å². The van der Waals surface area contributed by atoms with E-state index in [1.807, 2.05) is 19.9 Å². The summed E-state index contributed by atoms with van der Waals surface area (Å²) >= 11 is 6.03. The summed E-state index contributed by atoms with van der Waals surface area (Å²) in [6.45, 7) is 3.82. The van der Waals surface area contributed by atoms with Crippen LogP contribution in [0.15, 0.2) is 41.6 Å². The van der Waals surface area contributed by atoms with Crippen LogP contribution in [0.4, 0.5) is 5.69 Å². The molecule has 21 heavy (non-hydrogen) atoms. The van der Waals surface area contributed by atoms with Crippen molar-refractivity contribution >= 4 is 23.0 Å². The van der Waals surface area contributed by atoms with Crippen molar-refractivity contribution < 1.29 is 4.74 Å². The first-order valence-corrected chi connectivity index (χ1v) is 6.79. The van der Waals surface area contributed by atoms with Crippen molar-refractivity contribution in [1.29, 1.82) is 0 Å². The number of anilines is 1. The van der Waals surface area contributed by atoms with Crippen molar-refractivity contribution in [2.75, 3.05) is 5.73 Å². The Hall–Kier alpha value is -2.27. The molecule has 0 aliphatic carbocycles. The number of pyridine rings is 2. The fourth-order valence-corrected chi connectivity index (χ4v) is 2.54. The Kier molecular flexibility index (Phi) is 3.02. The third-order valence-electron chi connectivity index (χ3n) is 3.19. The zero-order valence-electron chi connectivity index (χ0n) is 11.6. The number of ether oxygens (including phenoxy) is 1. The van der Waals surface area contributed by atoms with Gasteiger partial charge in [-0.3, -0.25) is 14.3 Å². The normalized spacial score (nSPS) is 15.9. The highest BCUT2D eigenvalue weighted by Crippen LogP contribution is 2.35. The lowest BCUT2D eigenvalue weighted by Gasteiger charge is -2.31. The van der Waals surface area contributed by atoms with Gasteiger partial charge in [0.05, 0.1) is 22.0 Å². The Morgan fingerprint density at radius 1 is 1.43 bits per heavy atom. The average Bonchev–Trinajstić information content (AvgIpc) is 2.41. The van der Waals surface area contributed by atoms with Gasteiger partial charge in [0.15, 0.2) is 0 Å². The molecule has 2 aromatic heterocycles. The van der Waals surface area contributed by atoms with E-state index in [9.17, 15) is 4.79 Å². The average molecular weight is 304 g/mol. The van der Waals surface area contributed by atoms with Gasteiger partial charge in [0.2, 0.25) is 0 Å². The topological polar surface area (TPSA) is 70.1 Å². The molecule has 0 amide bonds. The number of hydrogen-bond acceptors (Lipinski definition) is 4. The Labute approximate surface area is 126 Å². The fraction of sp³-hybridized carbons (Fsp3) is 0.200. The van der Waals surface area contributed by atoms with Gasteiger partial charge in [-0.15, -0.1) is 0 Å². The molecule has 0 saturated heterocycles. The van der Waals surface area contributed by atoms with E-state index in [0.29, 0.717) is 16.5 Å². The summed E-state index contributed by atoms with van der Waals surface area (Å²) < 4.78 is 7.31. The second-order valence-electron chi connectivity index (χ2n) is 5.40. The van der Waals surface area contributed by atoms with Crippen LogP contribution in [0.3, 0.4) is 0 Å². The minimum atomic E-state index is -0.555. The largest absolute Gasteiger partial charge is 0.483 e. The SMILES string of the molecule is CC1(C)C=C(n2cc(Cl)cc(N)c2=O)c2cnccc2O1. The molecule has 0 aromatic carbocycles. The maximum atomic E-state index is 12.3. The number of rotatable bonds is 1. The van der Waals surface area contributed by atoms with E-state index in [2.05, 4.69) is 4.98 Å². The number of fused-ring (bicyclic) bond motifs is 1. The van der Waals surface area contributed by atoms with Crippen molar-refractivity contribution in [3.05, 3.63) is 57.7 Å².